The van der Waals surface area contributed by atoms with Gasteiger partial charge in [0.1, 0.15) is 0 Å². The largest absolute Gasteiger partial charge is 0.381 e. The zero-order chi connectivity index (χ0) is 13.7. The third kappa shape index (κ3) is 4.35. The zero-order valence-electron chi connectivity index (χ0n) is 11.3. The molecule has 1 aromatic carbocycles. The predicted octanol–water partition coefficient (Wildman–Crippen LogP) is 4.46. The fourth-order valence-electron chi connectivity index (χ4n) is 2.50. The molecule has 2 rings (SSSR count). The second-order valence-corrected chi connectivity index (χ2v) is 5.94. The van der Waals surface area contributed by atoms with E-state index in [0.717, 1.165) is 26.2 Å². The van der Waals surface area contributed by atoms with Crippen LogP contribution in [0.2, 0.25) is 10.0 Å². The molecule has 0 aromatic heterocycles. The molecular weight excluding hydrogens is 281 g/mol. The summed E-state index contributed by atoms with van der Waals surface area (Å²) in [5, 5.41) is 4.86. The van der Waals surface area contributed by atoms with E-state index >= 15 is 0 Å². The molecule has 0 spiro atoms. The number of halogens is 2. The van der Waals surface area contributed by atoms with Gasteiger partial charge >= 0.3 is 0 Å². The van der Waals surface area contributed by atoms with Crippen molar-refractivity contribution in [2.45, 2.75) is 32.2 Å². The maximum absolute atomic E-state index is 6.08. The van der Waals surface area contributed by atoms with Gasteiger partial charge in [-0.15, -0.1) is 0 Å². The first kappa shape index (κ1) is 15.1. The quantitative estimate of drug-likeness (QED) is 0.867. The van der Waals surface area contributed by atoms with Gasteiger partial charge < -0.3 is 10.1 Å². The highest BCUT2D eigenvalue weighted by molar-refractivity contribution is 6.42. The lowest BCUT2D eigenvalue weighted by molar-refractivity contribution is 0.0537. The van der Waals surface area contributed by atoms with E-state index in [2.05, 4.69) is 12.2 Å². The monoisotopic (exact) mass is 301 g/mol. The van der Waals surface area contributed by atoms with Crippen molar-refractivity contribution in [2.24, 2.45) is 5.92 Å². The van der Waals surface area contributed by atoms with Crippen LogP contribution in [0, 0.1) is 5.92 Å². The average Bonchev–Trinajstić information content (AvgIpc) is 2.44. The molecule has 2 nitrogen and oxygen atoms in total. The SMILES string of the molecule is CCC(NCC1CCCOC1)c1ccc(Cl)c(Cl)c1. The molecule has 1 aliphatic heterocycles. The van der Waals surface area contributed by atoms with Gasteiger partial charge in [-0.25, -0.2) is 0 Å². The Hall–Kier alpha value is -0.280. The van der Waals surface area contributed by atoms with E-state index in [1.807, 2.05) is 18.2 Å². The van der Waals surface area contributed by atoms with Crippen LogP contribution >= 0.6 is 23.2 Å². The lowest BCUT2D eigenvalue weighted by Crippen LogP contribution is -2.31. The van der Waals surface area contributed by atoms with Gasteiger partial charge in [-0.1, -0.05) is 36.2 Å². The molecule has 0 radical (unpaired) electrons. The Morgan fingerprint density at radius 1 is 1.37 bits per heavy atom. The van der Waals surface area contributed by atoms with Gasteiger partial charge in [0.15, 0.2) is 0 Å². The second kappa shape index (κ2) is 7.49. The smallest absolute Gasteiger partial charge is 0.0595 e. The van der Waals surface area contributed by atoms with Gasteiger partial charge in [0.05, 0.1) is 16.7 Å². The summed E-state index contributed by atoms with van der Waals surface area (Å²) in [5.41, 5.74) is 1.20. The van der Waals surface area contributed by atoms with Crippen LogP contribution in [0.15, 0.2) is 18.2 Å². The highest BCUT2D eigenvalue weighted by Gasteiger charge is 2.16. The van der Waals surface area contributed by atoms with Crippen molar-refractivity contribution in [1.82, 2.24) is 5.32 Å². The number of benzene rings is 1. The lowest BCUT2D eigenvalue weighted by Gasteiger charge is -2.25. The number of hydrogen-bond donors (Lipinski definition) is 1. The first-order valence-electron chi connectivity index (χ1n) is 6.96. The van der Waals surface area contributed by atoms with Crippen molar-refractivity contribution in [1.29, 1.82) is 0 Å². The van der Waals surface area contributed by atoms with Crippen LogP contribution in [0.25, 0.3) is 0 Å². The predicted molar refractivity (Wildman–Crippen MR) is 81.0 cm³/mol. The highest BCUT2D eigenvalue weighted by atomic mass is 35.5. The molecular formula is C15H21Cl2NO. The maximum atomic E-state index is 6.08. The van der Waals surface area contributed by atoms with Crippen molar-refractivity contribution in [2.75, 3.05) is 19.8 Å². The Labute approximate surface area is 125 Å². The van der Waals surface area contributed by atoms with Gasteiger partial charge in [-0.2, -0.15) is 0 Å². The third-order valence-electron chi connectivity index (χ3n) is 3.66. The number of ether oxygens (including phenoxy) is 1. The van der Waals surface area contributed by atoms with E-state index in [-0.39, 0.29) is 0 Å². The average molecular weight is 302 g/mol. The van der Waals surface area contributed by atoms with Crippen LogP contribution in [0.5, 0.6) is 0 Å². The summed E-state index contributed by atoms with van der Waals surface area (Å²) in [4.78, 5) is 0. The van der Waals surface area contributed by atoms with E-state index < -0.39 is 0 Å². The Balaban J connectivity index is 1.93. The molecule has 2 atom stereocenters. The van der Waals surface area contributed by atoms with Crippen molar-refractivity contribution >= 4 is 23.2 Å². The Bertz CT molecular complexity index is 405. The van der Waals surface area contributed by atoms with E-state index in [9.17, 15) is 0 Å². The normalized spacial score (nSPS) is 21.3. The summed E-state index contributed by atoms with van der Waals surface area (Å²) in [7, 11) is 0. The van der Waals surface area contributed by atoms with Gasteiger partial charge in [0.2, 0.25) is 0 Å². The minimum absolute atomic E-state index is 0.330. The van der Waals surface area contributed by atoms with E-state index in [1.54, 1.807) is 0 Å². The molecule has 1 aliphatic rings. The molecule has 19 heavy (non-hydrogen) atoms. The topological polar surface area (TPSA) is 21.3 Å². The van der Waals surface area contributed by atoms with E-state index in [0.29, 0.717) is 22.0 Å². The summed E-state index contributed by atoms with van der Waals surface area (Å²) in [5.74, 6) is 0.630. The molecule has 1 saturated heterocycles. The van der Waals surface area contributed by atoms with Crippen LogP contribution in [0.1, 0.15) is 37.8 Å². The molecule has 1 heterocycles. The first-order valence-corrected chi connectivity index (χ1v) is 7.72. The summed E-state index contributed by atoms with van der Waals surface area (Å²) in [6.07, 6.45) is 3.46. The van der Waals surface area contributed by atoms with Crippen LogP contribution < -0.4 is 5.32 Å². The Kier molecular flexibility index (Phi) is 5.96. The Morgan fingerprint density at radius 3 is 2.84 bits per heavy atom. The highest BCUT2D eigenvalue weighted by Crippen LogP contribution is 2.27. The Morgan fingerprint density at radius 2 is 2.21 bits per heavy atom. The van der Waals surface area contributed by atoms with Gasteiger partial charge in [-0.3, -0.25) is 0 Å². The summed E-state index contributed by atoms with van der Waals surface area (Å²) in [6.45, 7) is 4.97. The number of nitrogens with one attached hydrogen (secondary N) is 1. The summed E-state index contributed by atoms with van der Waals surface area (Å²) in [6, 6.07) is 6.21. The molecule has 1 fully saturated rings. The first-order chi connectivity index (χ1) is 9.20. The van der Waals surface area contributed by atoms with Crippen molar-refractivity contribution in [3.63, 3.8) is 0 Å². The van der Waals surface area contributed by atoms with Crippen LogP contribution in [-0.4, -0.2) is 19.8 Å². The van der Waals surface area contributed by atoms with Gasteiger partial charge in [-0.05, 0) is 42.9 Å². The van der Waals surface area contributed by atoms with Gasteiger partial charge in [0.25, 0.3) is 0 Å². The van der Waals surface area contributed by atoms with Crippen molar-refractivity contribution in [3.05, 3.63) is 33.8 Å². The van der Waals surface area contributed by atoms with E-state index in [1.165, 1.54) is 18.4 Å². The minimum Gasteiger partial charge on any atom is -0.381 e. The van der Waals surface area contributed by atoms with Crippen LogP contribution in [-0.2, 0) is 4.74 Å². The molecule has 1 N–H and O–H groups in total. The summed E-state index contributed by atoms with van der Waals surface area (Å²) >= 11 is 12.0. The molecule has 0 aliphatic carbocycles. The molecule has 1 aromatic rings. The van der Waals surface area contributed by atoms with Crippen molar-refractivity contribution in [3.8, 4) is 0 Å². The molecule has 106 valence electrons. The molecule has 0 bridgehead atoms. The number of rotatable bonds is 5. The minimum atomic E-state index is 0.330. The number of hydrogen-bond acceptors (Lipinski definition) is 2. The zero-order valence-corrected chi connectivity index (χ0v) is 12.8. The van der Waals surface area contributed by atoms with Crippen molar-refractivity contribution < 1.29 is 4.74 Å². The third-order valence-corrected chi connectivity index (χ3v) is 4.40. The molecule has 0 amide bonds. The fourth-order valence-corrected chi connectivity index (χ4v) is 2.81. The molecule has 0 saturated carbocycles. The second-order valence-electron chi connectivity index (χ2n) is 5.13. The summed E-state index contributed by atoms with van der Waals surface area (Å²) < 4.78 is 5.51. The fraction of sp³-hybridized carbons (Fsp3) is 0.600. The molecule has 2 unspecified atom stereocenters. The van der Waals surface area contributed by atoms with Gasteiger partial charge in [0, 0.05) is 19.2 Å². The van der Waals surface area contributed by atoms with Crippen LogP contribution in [0.3, 0.4) is 0 Å². The lowest BCUT2D eigenvalue weighted by atomic mass is 10.00. The maximum Gasteiger partial charge on any atom is 0.0595 e. The standard InChI is InChI=1S/C15H21Cl2NO/c1-2-15(12-5-6-13(16)14(17)8-12)18-9-11-4-3-7-19-10-11/h5-6,8,11,15,18H,2-4,7,9-10H2,1H3. The van der Waals surface area contributed by atoms with E-state index in [4.69, 9.17) is 27.9 Å². The van der Waals surface area contributed by atoms with Crippen LogP contribution in [0.4, 0.5) is 0 Å². The molecule has 4 heteroatoms.